The average Bonchev–Trinajstić information content (AvgIpc) is 3.13. The number of carboxylic acids is 1. The number of carbonyl (C=O) groups is 1. The van der Waals surface area contributed by atoms with Crippen LogP contribution in [0.1, 0.15) is 19.3 Å². The number of aliphatic carboxylic acids is 1. The Hall–Kier alpha value is -3.18. The van der Waals surface area contributed by atoms with Gasteiger partial charge in [-0.2, -0.15) is 4.31 Å². The molecule has 0 aliphatic heterocycles. The topological polar surface area (TPSA) is 142 Å². The molecule has 1 fully saturated rings. The number of hydrogen-bond acceptors (Lipinski definition) is 6. The van der Waals surface area contributed by atoms with Gasteiger partial charge in [-0.05, 0) is 49.6 Å². The van der Waals surface area contributed by atoms with Crippen LogP contribution in [-0.4, -0.2) is 53.4 Å². The molecule has 2 aromatic heterocycles. The lowest BCUT2D eigenvalue weighted by molar-refractivity contribution is -0.346. The van der Waals surface area contributed by atoms with Crippen LogP contribution in [0.15, 0.2) is 41.4 Å². The Morgan fingerprint density at radius 3 is 2.67 bits per heavy atom. The highest BCUT2D eigenvalue weighted by Gasteiger charge is 2.24. The number of rotatable bonds is 8. The molecule has 0 radical (unpaired) electrons. The molecule has 3 aromatic rings. The summed E-state index contributed by atoms with van der Waals surface area (Å²) in [5, 5.41) is 16.4. The molecule has 0 amide bonds. The highest BCUT2D eigenvalue weighted by Crippen LogP contribution is 2.26. The minimum Gasteiger partial charge on any atom is -0.480 e. The van der Waals surface area contributed by atoms with Crippen LogP contribution in [0.3, 0.4) is 0 Å². The van der Waals surface area contributed by atoms with E-state index in [9.17, 15) is 13.2 Å². The van der Waals surface area contributed by atoms with E-state index in [1.165, 1.54) is 25.6 Å². The van der Waals surface area contributed by atoms with E-state index in [1.54, 1.807) is 12.1 Å². The van der Waals surface area contributed by atoms with Gasteiger partial charge < -0.3 is 15.4 Å². The maximum atomic E-state index is 12.4. The molecule has 30 heavy (non-hydrogen) atoms. The molecule has 0 bridgehead atoms. The van der Waals surface area contributed by atoms with Crippen LogP contribution < -0.4 is 15.6 Å². The van der Waals surface area contributed by atoms with Crippen LogP contribution in [0.25, 0.3) is 11.0 Å². The third kappa shape index (κ3) is 4.07. The van der Waals surface area contributed by atoms with Gasteiger partial charge in [0.1, 0.15) is 6.54 Å². The Labute approximate surface area is 173 Å². The fourth-order valence-electron chi connectivity index (χ4n) is 3.21. The van der Waals surface area contributed by atoms with Crippen molar-refractivity contribution in [3.63, 3.8) is 0 Å². The number of sulfonamides is 1. The molecule has 158 valence electrons. The number of nitrogens with one attached hydrogen (secondary N) is 4. The molecule has 0 unspecified atom stereocenters. The minimum atomic E-state index is -3.88. The highest BCUT2D eigenvalue weighted by molar-refractivity contribution is 7.89. The Morgan fingerprint density at radius 2 is 2.03 bits per heavy atom. The summed E-state index contributed by atoms with van der Waals surface area (Å²) >= 11 is 0. The predicted octanol–water partition coefficient (Wildman–Crippen LogP) is 1.79. The van der Waals surface area contributed by atoms with Crippen molar-refractivity contribution in [2.75, 3.05) is 24.2 Å². The van der Waals surface area contributed by atoms with Gasteiger partial charge in [0, 0.05) is 13.2 Å². The molecule has 4 rings (SSSR count). The van der Waals surface area contributed by atoms with Gasteiger partial charge in [-0.1, -0.05) is 4.98 Å². The zero-order valence-electron chi connectivity index (χ0n) is 16.3. The van der Waals surface area contributed by atoms with E-state index in [-0.39, 0.29) is 4.90 Å². The lowest BCUT2D eigenvalue weighted by Gasteiger charge is -2.24. The van der Waals surface area contributed by atoms with Crippen molar-refractivity contribution in [3.05, 3.63) is 36.5 Å². The second kappa shape index (κ2) is 7.92. The molecule has 11 heteroatoms. The number of likely N-dealkylation sites (N-methyl/N-ethyl adjacent to an activating group) is 1. The number of aromatic nitrogens is 3. The van der Waals surface area contributed by atoms with Crippen molar-refractivity contribution >= 4 is 44.5 Å². The van der Waals surface area contributed by atoms with Crippen molar-refractivity contribution in [2.45, 2.75) is 30.2 Å². The van der Waals surface area contributed by atoms with E-state index in [1.807, 2.05) is 12.3 Å². The van der Waals surface area contributed by atoms with Gasteiger partial charge in [0.15, 0.2) is 0 Å². The van der Waals surface area contributed by atoms with Gasteiger partial charge in [0.25, 0.3) is 0 Å². The summed E-state index contributed by atoms with van der Waals surface area (Å²) in [5.74, 6) is 0.167. The number of carboxylic acid groups (broad SMARTS) is 1. The molecular formula is C19H23N6O4S+. The van der Waals surface area contributed by atoms with Crippen LogP contribution in [0, 0.1) is 0 Å². The second-order valence-electron chi connectivity index (χ2n) is 7.28. The number of fused-ring (bicyclic) bond motifs is 1. The monoisotopic (exact) mass is 431 g/mol. The molecule has 0 atom stereocenters. The van der Waals surface area contributed by atoms with Crippen LogP contribution >= 0.6 is 0 Å². The first-order chi connectivity index (χ1) is 14.3. The Balaban J connectivity index is 1.54. The van der Waals surface area contributed by atoms with Crippen LogP contribution in [0.5, 0.6) is 0 Å². The van der Waals surface area contributed by atoms with Crippen LogP contribution in [0.2, 0.25) is 0 Å². The zero-order valence-corrected chi connectivity index (χ0v) is 17.2. The van der Waals surface area contributed by atoms with Gasteiger partial charge in [0.2, 0.25) is 21.5 Å². The predicted molar refractivity (Wildman–Crippen MR) is 111 cm³/mol. The summed E-state index contributed by atoms with van der Waals surface area (Å²) in [6, 6.07) is 8.47. The highest BCUT2D eigenvalue weighted by atomic mass is 32.2. The summed E-state index contributed by atoms with van der Waals surface area (Å²) in [5.41, 5.74) is 1.37. The van der Waals surface area contributed by atoms with Crippen molar-refractivity contribution in [1.82, 2.24) is 14.3 Å². The molecule has 0 spiro atoms. The fourth-order valence-corrected chi connectivity index (χ4v) is 4.33. The average molecular weight is 431 g/mol. The fraction of sp³-hybridized carbons (Fsp3) is 0.316. The maximum absolute atomic E-state index is 12.4. The summed E-state index contributed by atoms with van der Waals surface area (Å²) < 4.78 is 25.7. The van der Waals surface area contributed by atoms with E-state index >= 15 is 0 Å². The number of anilines is 3. The molecule has 1 aliphatic carbocycles. The van der Waals surface area contributed by atoms with Crippen molar-refractivity contribution < 1.29 is 23.3 Å². The number of hydrogen-bond donors (Lipinski definition) is 4. The molecule has 1 aliphatic rings. The minimum absolute atomic E-state index is 0.0147. The Morgan fingerprint density at radius 1 is 1.30 bits per heavy atom. The normalized spacial score (nSPS) is 14.6. The maximum Gasteiger partial charge on any atom is 0.351 e. The molecule has 5 N–H and O–H groups in total. The van der Waals surface area contributed by atoms with E-state index in [0.29, 0.717) is 17.7 Å². The SMILES string of the molecule is CN(CC(=O)O)S(=O)(=O)c1ccc(Nc2nc3[nH]ccc3c(NC3CCC3)[nH+]2)cc1. The second-order valence-corrected chi connectivity index (χ2v) is 9.32. The molecule has 2 heterocycles. The largest absolute Gasteiger partial charge is 0.480 e. The first kappa shape index (κ1) is 20.1. The smallest absolute Gasteiger partial charge is 0.351 e. The van der Waals surface area contributed by atoms with E-state index in [4.69, 9.17) is 5.11 Å². The number of nitrogens with zero attached hydrogens (tertiary/aromatic N) is 2. The van der Waals surface area contributed by atoms with Crippen LogP contribution in [-0.2, 0) is 14.8 Å². The summed E-state index contributed by atoms with van der Waals surface area (Å²) in [7, 11) is -2.64. The molecule has 1 saturated carbocycles. The van der Waals surface area contributed by atoms with Gasteiger partial charge in [0.05, 0.1) is 22.0 Å². The molecule has 10 nitrogen and oxygen atoms in total. The summed E-state index contributed by atoms with van der Waals surface area (Å²) in [4.78, 5) is 21.7. The first-order valence-electron chi connectivity index (χ1n) is 9.55. The standard InChI is InChI=1S/C19H22N6O4S/c1-25(11-16(26)27)30(28,29)14-7-5-13(6-8-14)22-19-23-17-15(9-10-20-17)18(24-19)21-12-3-2-4-12/h5-10,12H,2-4,11H2,1H3,(H,26,27)(H3,20,21,22,23,24)/p+1. The van der Waals surface area contributed by atoms with Crippen molar-refractivity contribution in [3.8, 4) is 0 Å². The van der Waals surface area contributed by atoms with E-state index < -0.39 is 22.5 Å². The lowest BCUT2D eigenvalue weighted by atomic mass is 9.93. The third-order valence-electron chi connectivity index (χ3n) is 5.10. The summed E-state index contributed by atoms with van der Waals surface area (Å²) in [6.07, 6.45) is 5.32. The third-order valence-corrected chi connectivity index (χ3v) is 6.92. The van der Waals surface area contributed by atoms with Crippen molar-refractivity contribution in [2.24, 2.45) is 0 Å². The Kier molecular flexibility index (Phi) is 5.31. The van der Waals surface area contributed by atoms with E-state index in [0.717, 1.165) is 34.0 Å². The summed E-state index contributed by atoms with van der Waals surface area (Å²) in [6.45, 7) is -0.603. The van der Waals surface area contributed by atoms with E-state index in [2.05, 4.69) is 25.6 Å². The van der Waals surface area contributed by atoms with Gasteiger partial charge in [-0.3, -0.25) is 10.1 Å². The Bertz CT molecular complexity index is 1170. The molecular weight excluding hydrogens is 408 g/mol. The van der Waals surface area contributed by atoms with Crippen LogP contribution in [0.4, 0.5) is 17.5 Å². The zero-order chi connectivity index (χ0) is 21.3. The van der Waals surface area contributed by atoms with Gasteiger partial charge in [-0.15, -0.1) is 0 Å². The first-order valence-corrected chi connectivity index (χ1v) is 11.0. The van der Waals surface area contributed by atoms with Crippen molar-refractivity contribution in [1.29, 1.82) is 0 Å². The molecule has 0 saturated heterocycles. The van der Waals surface area contributed by atoms with Gasteiger partial charge >= 0.3 is 11.9 Å². The van der Waals surface area contributed by atoms with Gasteiger partial charge in [-0.25, -0.2) is 13.4 Å². The lowest BCUT2D eigenvalue weighted by Crippen LogP contribution is -2.32. The number of aromatic amines is 2. The molecule has 1 aromatic carbocycles. The number of benzene rings is 1. The quantitative estimate of drug-likeness (QED) is 0.426. The number of H-pyrrole nitrogens is 2.